The second kappa shape index (κ2) is 7.86. The van der Waals surface area contributed by atoms with Crippen LogP contribution in [0.4, 0.5) is 5.69 Å². The molecule has 1 fully saturated rings. The number of nitro groups is 1. The van der Waals surface area contributed by atoms with Crippen LogP contribution < -0.4 is 4.74 Å². The summed E-state index contributed by atoms with van der Waals surface area (Å²) in [4.78, 5) is 22.0. The normalized spacial score (nSPS) is 18.1. The molecule has 1 aromatic rings. The molecule has 0 amide bonds. The molecule has 1 saturated heterocycles. The maximum absolute atomic E-state index is 11.5. The summed E-state index contributed by atoms with van der Waals surface area (Å²) in [5.74, 6) is -0.567. The lowest BCUT2D eigenvalue weighted by atomic mass is 10.1. The van der Waals surface area contributed by atoms with Gasteiger partial charge < -0.3 is 14.2 Å². The van der Waals surface area contributed by atoms with Crippen molar-refractivity contribution < 1.29 is 23.9 Å². The standard InChI is InChI=1S/C14H23N3O6Si/c1-24(2,3)5-4-21-10-16-6-12(17(19)20)14(15-16)23-8-11-7-22-9-13(11)18/h6,11H,4-5,7-10H2,1-3H3. The topological polar surface area (TPSA) is 106 Å². The molecule has 2 heterocycles. The summed E-state index contributed by atoms with van der Waals surface area (Å²) in [5.41, 5.74) is -0.241. The Bertz CT molecular complexity index is 598. The molecule has 0 bridgehead atoms. The van der Waals surface area contributed by atoms with E-state index >= 15 is 0 Å². The quantitative estimate of drug-likeness (QED) is 0.286. The summed E-state index contributed by atoms with van der Waals surface area (Å²) in [6.45, 7) is 7.81. The van der Waals surface area contributed by atoms with Crippen molar-refractivity contribution in [1.82, 2.24) is 9.78 Å². The van der Waals surface area contributed by atoms with E-state index in [0.717, 1.165) is 6.04 Å². The van der Waals surface area contributed by atoms with Gasteiger partial charge >= 0.3 is 11.6 Å². The van der Waals surface area contributed by atoms with Crippen LogP contribution in [-0.4, -0.2) is 55.0 Å². The van der Waals surface area contributed by atoms with Crippen molar-refractivity contribution in [3.8, 4) is 5.88 Å². The number of rotatable bonds is 9. The highest BCUT2D eigenvalue weighted by Gasteiger charge is 2.28. The van der Waals surface area contributed by atoms with Gasteiger partial charge in [-0.05, 0) is 6.04 Å². The first-order valence-corrected chi connectivity index (χ1v) is 11.5. The van der Waals surface area contributed by atoms with Gasteiger partial charge in [-0.25, -0.2) is 4.68 Å². The fourth-order valence-corrected chi connectivity index (χ4v) is 2.81. The Morgan fingerprint density at radius 1 is 1.50 bits per heavy atom. The van der Waals surface area contributed by atoms with Crippen LogP contribution in [0.5, 0.6) is 5.88 Å². The molecular weight excluding hydrogens is 334 g/mol. The van der Waals surface area contributed by atoms with E-state index in [9.17, 15) is 14.9 Å². The zero-order valence-electron chi connectivity index (χ0n) is 14.2. The maximum atomic E-state index is 11.5. The van der Waals surface area contributed by atoms with Gasteiger partial charge in [0.2, 0.25) is 0 Å². The van der Waals surface area contributed by atoms with Crippen molar-refractivity contribution >= 4 is 19.5 Å². The Morgan fingerprint density at radius 3 is 2.83 bits per heavy atom. The molecule has 1 aliphatic heterocycles. The Morgan fingerprint density at radius 2 is 2.25 bits per heavy atom. The molecular formula is C14H23N3O6Si. The Labute approximate surface area is 141 Å². The van der Waals surface area contributed by atoms with E-state index in [1.165, 1.54) is 10.9 Å². The maximum Gasteiger partial charge on any atom is 0.350 e. The largest absolute Gasteiger partial charge is 0.471 e. The minimum Gasteiger partial charge on any atom is -0.471 e. The molecule has 0 spiro atoms. The summed E-state index contributed by atoms with van der Waals surface area (Å²) in [6, 6.07) is 1.00. The summed E-state index contributed by atoms with van der Waals surface area (Å²) >= 11 is 0. The number of aromatic nitrogens is 2. The van der Waals surface area contributed by atoms with Crippen molar-refractivity contribution in [2.75, 3.05) is 26.4 Å². The average Bonchev–Trinajstić information content (AvgIpc) is 3.06. The van der Waals surface area contributed by atoms with E-state index in [1.54, 1.807) is 0 Å². The van der Waals surface area contributed by atoms with E-state index in [0.29, 0.717) is 6.61 Å². The highest BCUT2D eigenvalue weighted by molar-refractivity contribution is 6.76. The number of nitrogens with zero attached hydrogens (tertiary/aromatic N) is 3. The Kier molecular flexibility index (Phi) is 6.08. The van der Waals surface area contributed by atoms with Crippen LogP contribution in [0.1, 0.15) is 0 Å². The predicted octanol–water partition coefficient (Wildman–Crippen LogP) is 1.70. The van der Waals surface area contributed by atoms with E-state index in [4.69, 9.17) is 14.2 Å². The molecule has 0 saturated carbocycles. The molecule has 1 unspecified atom stereocenters. The third-order valence-electron chi connectivity index (χ3n) is 3.57. The fraction of sp³-hybridized carbons (Fsp3) is 0.714. The smallest absolute Gasteiger partial charge is 0.350 e. The van der Waals surface area contributed by atoms with Crippen LogP contribution >= 0.6 is 0 Å². The first-order chi connectivity index (χ1) is 11.3. The second-order valence-electron chi connectivity index (χ2n) is 6.95. The Hall–Kier alpha value is -1.78. The SMILES string of the molecule is C[Si](C)(C)CCOCn1cc([N+](=O)[O-])c(OCC2COCC2=O)n1. The lowest BCUT2D eigenvalue weighted by molar-refractivity contribution is -0.386. The van der Waals surface area contributed by atoms with Gasteiger partial charge in [-0.15, -0.1) is 5.10 Å². The van der Waals surface area contributed by atoms with Gasteiger partial charge in [0.1, 0.15) is 26.1 Å². The zero-order valence-corrected chi connectivity index (χ0v) is 15.2. The van der Waals surface area contributed by atoms with E-state index in [1.807, 2.05) is 0 Å². The second-order valence-corrected chi connectivity index (χ2v) is 12.6. The summed E-state index contributed by atoms with van der Waals surface area (Å²) < 4.78 is 17.3. The fourth-order valence-electron chi connectivity index (χ4n) is 2.06. The third kappa shape index (κ3) is 5.39. The summed E-state index contributed by atoms with van der Waals surface area (Å²) in [6.07, 6.45) is 1.27. The first-order valence-electron chi connectivity index (χ1n) is 7.79. The molecule has 0 aliphatic carbocycles. The minimum atomic E-state index is -1.18. The molecule has 134 valence electrons. The number of hydrogen-bond donors (Lipinski definition) is 0. The van der Waals surface area contributed by atoms with Gasteiger partial charge in [0.25, 0.3) is 0 Å². The molecule has 2 rings (SSSR count). The van der Waals surface area contributed by atoms with Crippen LogP contribution in [0.2, 0.25) is 25.7 Å². The Balaban J connectivity index is 1.91. The lowest BCUT2D eigenvalue weighted by Gasteiger charge is -2.15. The number of ketones is 1. The van der Waals surface area contributed by atoms with E-state index in [2.05, 4.69) is 24.7 Å². The predicted molar refractivity (Wildman–Crippen MR) is 87.8 cm³/mol. The van der Waals surface area contributed by atoms with Gasteiger partial charge in [0, 0.05) is 14.7 Å². The van der Waals surface area contributed by atoms with Crippen LogP contribution in [-0.2, 0) is 21.0 Å². The number of carbonyl (C=O) groups is 1. The number of carbonyl (C=O) groups excluding carboxylic acids is 1. The van der Waals surface area contributed by atoms with E-state index < -0.39 is 18.9 Å². The van der Waals surface area contributed by atoms with Gasteiger partial charge in [-0.1, -0.05) is 19.6 Å². The molecule has 10 heteroatoms. The zero-order chi connectivity index (χ0) is 17.7. The molecule has 1 aliphatic rings. The van der Waals surface area contributed by atoms with Gasteiger partial charge in [-0.3, -0.25) is 14.9 Å². The van der Waals surface area contributed by atoms with Crippen molar-refractivity contribution in [3.63, 3.8) is 0 Å². The lowest BCUT2D eigenvalue weighted by Crippen LogP contribution is -2.22. The summed E-state index contributed by atoms with van der Waals surface area (Å²) in [7, 11) is -1.18. The molecule has 1 atom stereocenters. The van der Waals surface area contributed by atoms with Crippen LogP contribution in [0, 0.1) is 16.0 Å². The van der Waals surface area contributed by atoms with Crippen LogP contribution in [0.15, 0.2) is 6.20 Å². The van der Waals surface area contributed by atoms with Gasteiger partial charge in [0.15, 0.2) is 5.78 Å². The van der Waals surface area contributed by atoms with Crippen LogP contribution in [0.25, 0.3) is 0 Å². The van der Waals surface area contributed by atoms with E-state index in [-0.39, 0.29) is 43.9 Å². The highest BCUT2D eigenvalue weighted by atomic mass is 28.3. The summed E-state index contributed by atoms with van der Waals surface area (Å²) in [5, 5.41) is 15.1. The van der Waals surface area contributed by atoms with Crippen LogP contribution in [0.3, 0.4) is 0 Å². The monoisotopic (exact) mass is 357 g/mol. The van der Waals surface area contributed by atoms with Gasteiger partial charge in [-0.2, -0.15) is 0 Å². The minimum absolute atomic E-state index is 0.0210. The number of hydrogen-bond acceptors (Lipinski definition) is 7. The average molecular weight is 357 g/mol. The van der Waals surface area contributed by atoms with Crippen molar-refractivity contribution in [1.29, 1.82) is 0 Å². The number of ether oxygens (including phenoxy) is 3. The number of Topliss-reactive ketones (excluding diaryl/α,β-unsaturated/α-hetero) is 1. The van der Waals surface area contributed by atoms with Crippen molar-refractivity contribution in [2.24, 2.45) is 5.92 Å². The molecule has 1 aromatic heterocycles. The molecule has 9 nitrogen and oxygen atoms in total. The molecule has 0 radical (unpaired) electrons. The molecule has 0 N–H and O–H groups in total. The first kappa shape index (κ1) is 18.6. The third-order valence-corrected chi connectivity index (χ3v) is 5.27. The molecule has 0 aromatic carbocycles. The van der Waals surface area contributed by atoms with Crippen molar-refractivity contribution in [2.45, 2.75) is 32.4 Å². The van der Waals surface area contributed by atoms with Crippen molar-refractivity contribution in [3.05, 3.63) is 16.3 Å². The molecule has 24 heavy (non-hydrogen) atoms. The highest BCUT2D eigenvalue weighted by Crippen LogP contribution is 2.25. The van der Waals surface area contributed by atoms with Gasteiger partial charge in [0.05, 0.1) is 17.4 Å².